The largest absolute Gasteiger partial charge is 0.508 e. The summed E-state index contributed by atoms with van der Waals surface area (Å²) in [4.78, 5) is 16.6. The molecule has 0 amide bonds. The second-order valence-electron chi connectivity index (χ2n) is 5.67. The fourth-order valence-electron chi connectivity index (χ4n) is 2.79. The van der Waals surface area contributed by atoms with Crippen LogP contribution < -0.4 is 0 Å². The van der Waals surface area contributed by atoms with Gasteiger partial charge in [0.15, 0.2) is 5.78 Å². The SMILES string of the molecule is CC1CN(CC(=O)c2ccc(O)cc2)CC1N(C)C. The van der Waals surface area contributed by atoms with Gasteiger partial charge in [-0.2, -0.15) is 0 Å². The molecular weight excluding hydrogens is 240 g/mol. The topological polar surface area (TPSA) is 43.8 Å². The predicted octanol–water partition coefficient (Wildman–Crippen LogP) is 1.46. The van der Waals surface area contributed by atoms with Crippen molar-refractivity contribution in [3.05, 3.63) is 29.8 Å². The van der Waals surface area contributed by atoms with Gasteiger partial charge in [-0.3, -0.25) is 9.69 Å². The van der Waals surface area contributed by atoms with Crippen LogP contribution in [0.5, 0.6) is 5.75 Å². The quantitative estimate of drug-likeness (QED) is 0.834. The van der Waals surface area contributed by atoms with Crippen LogP contribution in [0.1, 0.15) is 17.3 Å². The molecule has 1 aromatic rings. The number of carbonyl (C=O) groups is 1. The molecule has 1 heterocycles. The minimum atomic E-state index is 0.117. The van der Waals surface area contributed by atoms with E-state index in [2.05, 4.69) is 30.8 Å². The van der Waals surface area contributed by atoms with E-state index in [9.17, 15) is 9.90 Å². The Morgan fingerprint density at radius 3 is 2.47 bits per heavy atom. The molecule has 0 spiro atoms. The van der Waals surface area contributed by atoms with E-state index in [-0.39, 0.29) is 11.5 Å². The van der Waals surface area contributed by atoms with Crippen LogP contribution in [0, 0.1) is 5.92 Å². The maximum Gasteiger partial charge on any atom is 0.176 e. The molecule has 1 aromatic carbocycles. The monoisotopic (exact) mass is 262 g/mol. The Morgan fingerprint density at radius 2 is 1.95 bits per heavy atom. The van der Waals surface area contributed by atoms with Crippen molar-refractivity contribution in [3.8, 4) is 5.75 Å². The van der Waals surface area contributed by atoms with E-state index in [4.69, 9.17) is 0 Å². The summed E-state index contributed by atoms with van der Waals surface area (Å²) in [7, 11) is 4.18. The average molecular weight is 262 g/mol. The lowest BCUT2D eigenvalue weighted by atomic mass is 10.1. The summed E-state index contributed by atoms with van der Waals surface area (Å²) in [6.45, 7) is 4.60. The molecular formula is C15H22N2O2. The number of Topliss-reactive ketones (excluding diaryl/α,β-unsaturated/α-hetero) is 1. The van der Waals surface area contributed by atoms with Crippen LogP contribution in [-0.2, 0) is 0 Å². The first-order chi connectivity index (χ1) is 8.97. The van der Waals surface area contributed by atoms with Gasteiger partial charge in [0.2, 0.25) is 0 Å². The van der Waals surface area contributed by atoms with Crippen LogP contribution in [0.3, 0.4) is 0 Å². The first-order valence-corrected chi connectivity index (χ1v) is 6.68. The van der Waals surface area contributed by atoms with Gasteiger partial charge >= 0.3 is 0 Å². The second-order valence-corrected chi connectivity index (χ2v) is 5.67. The smallest absolute Gasteiger partial charge is 0.176 e. The highest BCUT2D eigenvalue weighted by Crippen LogP contribution is 2.20. The zero-order valence-electron chi connectivity index (χ0n) is 11.8. The van der Waals surface area contributed by atoms with Crippen molar-refractivity contribution in [2.75, 3.05) is 33.7 Å². The molecule has 2 unspecified atom stereocenters. The van der Waals surface area contributed by atoms with Crippen molar-refractivity contribution in [2.24, 2.45) is 5.92 Å². The summed E-state index contributed by atoms with van der Waals surface area (Å²) in [6.07, 6.45) is 0. The minimum absolute atomic E-state index is 0.117. The first-order valence-electron chi connectivity index (χ1n) is 6.68. The molecule has 1 aliphatic heterocycles. The van der Waals surface area contributed by atoms with Gasteiger partial charge < -0.3 is 10.0 Å². The zero-order chi connectivity index (χ0) is 14.0. The van der Waals surface area contributed by atoms with Crippen molar-refractivity contribution in [1.82, 2.24) is 9.80 Å². The molecule has 1 fully saturated rings. The lowest BCUT2D eigenvalue weighted by Gasteiger charge is -2.22. The van der Waals surface area contributed by atoms with Crippen molar-refractivity contribution < 1.29 is 9.90 Å². The summed E-state index contributed by atoms with van der Waals surface area (Å²) < 4.78 is 0. The molecule has 2 atom stereocenters. The van der Waals surface area contributed by atoms with Crippen LogP contribution in [0.4, 0.5) is 0 Å². The molecule has 1 saturated heterocycles. The number of hydrogen-bond acceptors (Lipinski definition) is 4. The Hall–Kier alpha value is -1.39. The lowest BCUT2D eigenvalue weighted by Crippen LogP contribution is -2.35. The van der Waals surface area contributed by atoms with Gasteiger partial charge in [-0.25, -0.2) is 0 Å². The van der Waals surface area contributed by atoms with E-state index in [0.717, 1.165) is 13.1 Å². The van der Waals surface area contributed by atoms with Crippen LogP contribution >= 0.6 is 0 Å². The van der Waals surface area contributed by atoms with Gasteiger partial charge in [0, 0.05) is 24.7 Å². The fourth-order valence-corrected chi connectivity index (χ4v) is 2.79. The highest BCUT2D eigenvalue weighted by molar-refractivity contribution is 5.97. The number of carbonyl (C=O) groups excluding carboxylic acids is 1. The van der Waals surface area contributed by atoms with Gasteiger partial charge in [0.05, 0.1) is 6.54 Å². The number of nitrogens with zero attached hydrogens (tertiary/aromatic N) is 2. The number of aromatic hydroxyl groups is 1. The zero-order valence-corrected chi connectivity index (χ0v) is 11.8. The molecule has 1 aliphatic rings. The van der Waals surface area contributed by atoms with Gasteiger partial charge in [-0.15, -0.1) is 0 Å². The molecule has 0 saturated carbocycles. The summed E-state index contributed by atoms with van der Waals surface area (Å²) in [5.74, 6) is 0.897. The number of phenols is 1. The Kier molecular flexibility index (Phi) is 4.22. The Balaban J connectivity index is 1.95. The third-order valence-electron chi connectivity index (χ3n) is 3.87. The van der Waals surface area contributed by atoms with Crippen molar-refractivity contribution in [1.29, 1.82) is 0 Å². The number of ketones is 1. The van der Waals surface area contributed by atoms with Gasteiger partial charge in [-0.1, -0.05) is 6.92 Å². The van der Waals surface area contributed by atoms with Gasteiger partial charge in [-0.05, 0) is 44.3 Å². The third kappa shape index (κ3) is 3.33. The first kappa shape index (κ1) is 14.0. The molecule has 4 nitrogen and oxygen atoms in total. The molecule has 0 aliphatic carbocycles. The highest BCUT2D eigenvalue weighted by atomic mass is 16.3. The number of hydrogen-bond donors (Lipinski definition) is 1. The maximum absolute atomic E-state index is 12.2. The van der Waals surface area contributed by atoms with Crippen LogP contribution in [0.25, 0.3) is 0 Å². The van der Waals surface area contributed by atoms with E-state index in [1.165, 1.54) is 0 Å². The maximum atomic E-state index is 12.2. The minimum Gasteiger partial charge on any atom is -0.508 e. The van der Waals surface area contributed by atoms with Gasteiger partial charge in [0.1, 0.15) is 5.75 Å². The average Bonchev–Trinajstić information content (AvgIpc) is 2.71. The number of phenolic OH excluding ortho intramolecular Hbond substituents is 1. The molecule has 19 heavy (non-hydrogen) atoms. The Morgan fingerprint density at radius 1 is 1.32 bits per heavy atom. The number of rotatable bonds is 4. The molecule has 2 rings (SSSR count). The van der Waals surface area contributed by atoms with Crippen molar-refractivity contribution >= 4 is 5.78 Å². The van der Waals surface area contributed by atoms with E-state index in [1.54, 1.807) is 24.3 Å². The molecule has 4 heteroatoms. The standard InChI is InChI=1S/C15H22N2O2/c1-11-8-17(9-14(11)16(2)3)10-15(19)12-4-6-13(18)7-5-12/h4-7,11,14,18H,8-10H2,1-3H3. The van der Waals surface area contributed by atoms with Crippen LogP contribution in [0.15, 0.2) is 24.3 Å². The normalized spacial score (nSPS) is 24.0. The Labute approximate surface area is 114 Å². The Bertz CT molecular complexity index is 442. The third-order valence-corrected chi connectivity index (χ3v) is 3.87. The summed E-state index contributed by atoms with van der Waals surface area (Å²) in [5.41, 5.74) is 0.666. The summed E-state index contributed by atoms with van der Waals surface area (Å²) in [6, 6.07) is 7.00. The van der Waals surface area contributed by atoms with Crippen LogP contribution in [0.2, 0.25) is 0 Å². The number of benzene rings is 1. The van der Waals surface area contributed by atoms with Crippen molar-refractivity contribution in [3.63, 3.8) is 0 Å². The lowest BCUT2D eigenvalue weighted by molar-refractivity contribution is 0.0941. The summed E-state index contributed by atoms with van der Waals surface area (Å²) in [5, 5.41) is 9.23. The highest BCUT2D eigenvalue weighted by Gasteiger charge is 2.31. The van der Waals surface area contributed by atoms with E-state index >= 15 is 0 Å². The number of likely N-dealkylation sites (tertiary alicyclic amines) is 1. The summed E-state index contributed by atoms with van der Waals surface area (Å²) >= 11 is 0. The van der Waals surface area contributed by atoms with E-state index in [0.29, 0.717) is 24.1 Å². The van der Waals surface area contributed by atoms with Crippen LogP contribution in [-0.4, -0.2) is 60.5 Å². The molecule has 0 radical (unpaired) electrons. The number of likely N-dealkylation sites (N-methyl/N-ethyl adjacent to an activating group) is 1. The fraction of sp³-hybridized carbons (Fsp3) is 0.533. The molecule has 1 N–H and O–H groups in total. The van der Waals surface area contributed by atoms with Gasteiger partial charge in [0.25, 0.3) is 0 Å². The second kappa shape index (κ2) is 5.72. The predicted molar refractivity (Wildman–Crippen MR) is 75.5 cm³/mol. The van der Waals surface area contributed by atoms with E-state index < -0.39 is 0 Å². The van der Waals surface area contributed by atoms with E-state index in [1.807, 2.05) is 0 Å². The molecule has 104 valence electrons. The molecule has 0 bridgehead atoms. The molecule has 0 aromatic heterocycles. The van der Waals surface area contributed by atoms with Crippen molar-refractivity contribution in [2.45, 2.75) is 13.0 Å².